The normalized spacial score (nSPS) is 11.0. The van der Waals surface area contributed by atoms with Crippen molar-refractivity contribution in [2.24, 2.45) is 0 Å². The standard InChI is InChI=1S/C24H19FN2O2/c1-15-5-3-4-6-18(15)13-27-14-21(22(28)17-8-10-19(25)11-9-17)23(29)20-12-7-16(2)26-24(20)27/h3-12,14H,13H2,1-2H3. The van der Waals surface area contributed by atoms with Crippen molar-refractivity contribution < 1.29 is 9.18 Å². The van der Waals surface area contributed by atoms with Crippen molar-refractivity contribution in [3.63, 3.8) is 0 Å². The van der Waals surface area contributed by atoms with E-state index in [1.165, 1.54) is 24.3 Å². The minimum absolute atomic E-state index is 0.0448. The second-order valence-electron chi connectivity index (χ2n) is 7.09. The largest absolute Gasteiger partial charge is 0.327 e. The minimum Gasteiger partial charge on any atom is -0.327 e. The van der Waals surface area contributed by atoms with E-state index >= 15 is 0 Å². The highest BCUT2D eigenvalue weighted by Crippen LogP contribution is 2.17. The molecule has 0 amide bonds. The van der Waals surface area contributed by atoms with Gasteiger partial charge in [-0.1, -0.05) is 24.3 Å². The van der Waals surface area contributed by atoms with Gasteiger partial charge < -0.3 is 4.57 Å². The Labute approximate surface area is 167 Å². The van der Waals surface area contributed by atoms with Gasteiger partial charge in [-0.25, -0.2) is 9.37 Å². The summed E-state index contributed by atoms with van der Waals surface area (Å²) in [5.41, 5.74) is 3.44. The van der Waals surface area contributed by atoms with E-state index in [9.17, 15) is 14.0 Å². The molecule has 4 aromatic rings. The van der Waals surface area contributed by atoms with Crippen molar-refractivity contribution in [2.45, 2.75) is 20.4 Å². The molecular weight excluding hydrogens is 367 g/mol. The third kappa shape index (κ3) is 3.59. The maximum Gasteiger partial charge on any atom is 0.202 e. The summed E-state index contributed by atoms with van der Waals surface area (Å²) in [6.07, 6.45) is 1.56. The lowest BCUT2D eigenvalue weighted by Crippen LogP contribution is -2.21. The maximum absolute atomic E-state index is 13.2. The van der Waals surface area contributed by atoms with Crippen molar-refractivity contribution in [3.8, 4) is 0 Å². The van der Waals surface area contributed by atoms with Crippen LogP contribution in [-0.2, 0) is 6.54 Å². The molecule has 0 unspecified atom stereocenters. The first-order chi connectivity index (χ1) is 13.9. The summed E-state index contributed by atoms with van der Waals surface area (Å²) in [5, 5.41) is 0.386. The molecule has 2 aromatic heterocycles. The number of aryl methyl sites for hydroxylation is 2. The van der Waals surface area contributed by atoms with Crippen LogP contribution in [0.1, 0.15) is 32.7 Å². The second kappa shape index (κ2) is 7.43. The smallest absolute Gasteiger partial charge is 0.202 e. The number of benzene rings is 2. The average Bonchev–Trinajstić information content (AvgIpc) is 2.71. The molecule has 0 N–H and O–H groups in total. The molecule has 0 bridgehead atoms. The van der Waals surface area contributed by atoms with Crippen LogP contribution in [0.5, 0.6) is 0 Å². The lowest BCUT2D eigenvalue weighted by atomic mass is 10.0. The van der Waals surface area contributed by atoms with E-state index in [1.807, 2.05) is 42.7 Å². The Morgan fingerprint density at radius 3 is 2.45 bits per heavy atom. The van der Waals surface area contributed by atoms with Crippen LogP contribution in [0.25, 0.3) is 11.0 Å². The lowest BCUT2D eigenvalue weighted by Gasteiger charge is -2.14. The highest BCUT2D eigenvalue weighted by molar-refractivity contribution is 6.10. The monoisotopic (exact) mass is 386 g/mol. The zero-order valence-corrected chi connectivity index (χ0v) is 16.1. The van der Waals surface area contributed by atoms with Crippen LogP contribution < -0.4 is 5.43 Å². The summed E-state index contributed by atoms with van der Waals surface area (Å²) in [7, 11) is 0. The summed E-state index contributed by atoms with van der Waals surface area (Å²) in [4.78, 5) is 30.6. The van der Waals surface area contributed by atoms with Gasteiger partial charge in [0.25, 0.3) is 0 Å². The fraction of sp³-hybridized carbons (Fsp3) is 0.125. The Balaban J connectivity index is 1.92. The Hall–Kier alpha value is -3.60. The van der Waals surface area contributed by atoms with Gasteiger partial charge in [0.15, 0.2) is 5.78 Å². The van der Waals surface area contributed by atoms with Crippen molar-refractivity contribution in [1.82, 2.24) is 9.55 Å². The maximum atomic E-state index is 13.2. The van der Waals surface area contributed by atoms with Crippen molar-refractivity contribution in [2.75, 3.05) is 0 Å². The number of aromatic nitrogens is 2. The third-order valence-electron chi connectivity index (χ3n) is 5.01. The highest BCUT2D eigenvalue weighted by atomic mass is 19.1. The van der Waals surface area contributed by atoms with Crippen molar-refractivity contribution in [1.29, 1.82) is 0 Å². The molecule has 0 saturated carbocycles. The lowest BCUT2D eigenvalue weighted by molar-refractivity contribution is 0.103. The molecule has 5 heteroatoms. The highest BCUT2D eigenvalue weighted by Gasteiger charge is 2.18. The van der Waals surface area contributed by atoms with Gasteiger partial charge in [0, 0.05) is 24.0 Å². The molecule has 2 aromatic carbocycles. The predicted molar refractivity (Wildman–Crippen MR) is 111 cm³/mol. The van der Waals surface area contributed by atoms with Gasteiger partial charge in [-0.2, -0.15) is 0 Å². The van der Waals surface area contributed by atoms with Gasteiger partial charge in [-0.05, 0) is 61.4 Å². The van der Waals surface area contributed by atoms with E-state index in [-0.39, 0.29) is 16.6 Å². The molecule has 0 aliphatic rings. The molecule has 144 valence electrons. The van der Waals surface area contributed by atoms with E-state index in [0.717, 1.165) is 16.8 Å². The van der Waals surface area contributed by atoms with Crippen LogP contribution in [-0.4, -0.2) is 15.3 Å². The summed E-state index contributed by atoms with van der Waals surface area (Å²) in [6.45, 7) is 4.35. The predicted octanol–water partition coefficient (Wildman–Crippen LogP) is 4.43. The fourth-order valence-electron chi connectivity index (χ4n) is 3.37. The van der Waals surface area contributed by atoms with Gasteiger partial charge in [0.2, 0.25) is 5.43 Å². The Morgan fingerprint density at radius 1 is 1.00 bits per heavy atom. The quantitative estimate of drug-likeness (QED) is 0.488. The summed E-state index contributed by atoms with van der Waals surface area (Å²) in [5.74, 6) is -0.868. The van der Waals surface area contributed by atoms with Gasteiger partial charge in [-0.15, -0.1) is 0 Å². The first-order valence-electron chi connectivity index (χ1n) is 9.29. The molecule has 0 aliphatic carbocycles. The van der Waals surface area contributed by atoms with Crippen LogP contribution >= 0.6 is 0 Å². The Morgan fingerprint density at radius 2 is 1.72 bits per heavy atom. The minimum atomic E-state index is -0.434. The summed E-state index contributed by atoms with van der Waals surface area (Å²) >= 11 is 0. The molecule has 29 heavy (non-hydrogen) atoms. The molecule has 4 nitrogen and oxygen atoms in total. The topological polar surface area (TPSA) is 52.0 Å². The second-order valence-corrected chi connectivity index (χ2v) is 7.09. The molecule has 0 aliphatic heterocycles. The van der Waals surface area contributed by atoms with Crippen LogP contribution in [0.3, 0.4) is 0 Å². The van der Waals surface area contributed by atoms with Gasteiger partial charge in [0.05, 0.1) is 10.9 Å². The molecule has 0 fully saturated rings. The first kappa shape index (κ1) is 18.7. The average molecular weight is 386 g/mol. The third-order valence-corrected chi connectivity index (χ3v) is 5.01. The van der Waals surface area contributed by atoms with E-state index < -0.39 is 11.6 Å². The SMILES string of the molecule is Cc1ccc2c(=O)c(C(=O)c3ccc(F)cc3)cn(Cc3ccccc3C)c2n1. The zero-order chi connectivity index (χ0) is 20.5. The van der Waals surface area contributed by atoms with E-state index in [2.05, 4.69) is 4.98 Å². The molecular formula is C24H19FN2O2. The van der Waals surface area contributed by atoms with Crippen LogP contribution in [0.15, 0.2) is 71.7 Å². The molecule has 0 atom stereocenters. The number of halogens is 1. The Kier molecular flexibility index (Phi) is 4.80. The first-order valence-corrected chi connectivity index (χ1v) is 9.29. The fourth-order valence-corrected chi connectivity index (χ4v) is 3.37. The number of carbonyl (C=O) groups is 1. The van der Waals surface area contributed by atoms with Crippen molar-refractivity contribution >= 4 is 16.8 Å². The molecule has 2 heterocycles. The number of pyridine rings is 2. The van der Waals surface area contributed by atoms with E-state index in [4.69, 9.17) is 0 Å². The van der Waals surface area contributed by atoms with Gasteiger partial charge in [-0.3, -0.25) is 9.59 Å². The molecule has 0 spiro atoms. The number of rotatable bonds is 4. The number of ketones is 1. The number of carbonyl (C=O) groups excluding carboxylic acids is 1. The van der Waals surface area contributed by atoms with Crippen LogP contribution in [0.2, 0.25) is 0 Å². The van der Waals surface area contributed by atoms with Gasteiger partial charge >= 0.3 is 0 Å². The van der Waals surface area contributed by atoms with Crippen molar-refractivity contribution in [3.05, 3.63) is 111 Å². The number of fused-ring (bicyclic) bond motifs is 1. The number of hydrogen-bond acceptors (Lipinski definition) is 3. The summed E-state index contributed by atoms with van der Waals surface area (Å²) < 4.78 is 15.1. The van der Waals surface area contributed by atoms with E-state index in [1.54, 1.807) is 18.3 Å². The molecule has 0 radical (unpaired) electrons. The Bertz CT molecular complexity index is 1290. The number of hydrogen-bond donors (Lipinski definition) is 0. The van der Waals surface area contributed by atoms with Gasteiger partial charge in [0.1, 0.15) is 11.5 Å². The number of nitrogens with zero attached hydrogens (tertiary/aromatic N) is 2. The zero-order valence-electron chi connectivity index (χ0n) is 16.1. The van der Waals surface area contributed by atoms with Crippen LogP contribution in [0.4, 0.5) is 4.39 Å². The summed E-state index contributed by atoms with van der Waals surface area (Å²) in [6, 6.07) is 16.6. The van der Waals surface area contributed by atoms with Crippen LogP contribution in [0, 0.1) is 19.7 Å². The van der Waals surface area contributed by atoms with E-state index in [0.29, 0.717) is 17.6 Å². The molecule has 4 rings (SSSR count). The molecule has 0 saturated heterocycles.